The van der Waals surface area contributed by atoms with Gasteiger partial charge in [-0.25, -0.2) is 18.6 Å². The number of nitrogens with zero attached hydrogens (tertiary/aromatic N) is 3. The van der Waals surface area contributed by atoms with E-state index < -0.39 is 17.7 Å². The predicted octanol–water partition coefficient (Wildman–Crippen LogP) is 3.52. The number of halogens is 2. The quantitative estimate of drug-likeness (QED) is 0.632. The number of anilines is 1. The van der Waals surface area contributed by atoms with Gasteiger partial charge in [-0.2, -0.15) is 0 Å². The first-order chi connectivity index (χ1) is 15.9. The Hall–Kier alpha value is -3.66. The molecule has 1 fully saturated rings. The van der Waals surface area contributed by atoms with E-state index in [9.17, 15) is 18.4 Å². The molecule has 1 aromatic heterocycles. The second-order valence-corrected chi connectivity index (χ2v) is 8.25. The Balaban J connectivity index is 1.37. The Morgan fingerprint density at radius 1 is 1.15 bits per heavy atom. The fourth-order valence-corrected chi connectivity index (χ4v) is 4.14. The van der Waals surface area contributed by atoms with Gasteiger partial charge in [-0.15, -0.1) is 0 Å². The number of fused-ring (bicyclic) bond motifs is 2. The number of benzene rings is 2. The summed E-state index contributed by atoms with van der Waals surface area (Å²) in [6, 6.07) is 7.07. The molecule has 1 saturated heterocycles. The molecule has 33 heavy (non-hydrogen) atoms. The minimum absolute atomic E-state index is 0.0996. The van der Waals surface area contributed by atoms with Gasteiger partial charge in [0.2, 0.25) is 5.95 Å². The summed E-state index contributed by atoms with van der Waals surface area (Å²) < 4.78 is 33.0. The molecule has 0 bridgehead atoms. The van der Waals surface area contributed by atoms with Gasteiger partial charge in [0.25, 0.3) is 0 Å². The third-order valence-corrected chi connectivity index (χ3v) is 5.91. The van der Waals surface area contributed by atoms with Gasteiger partial charge >= 0.3 is 6.09 Å². The summed E-state index contributed by atoms with van der Waals surface area (Å²) in [6.45, 7) is 1.60. The van der Waals surface area contributed by atoms with E-state index >= 15 is 0 Å². The largest absolute Gasteiger partial charge is 0.446 e. The molecule has 0 unspecified atom stereocenters. The van der Waals surface area contributed by atoms with Crippen LogP contribution in [-0.4, -0.2) is 65.2 Å². The number of rotatable bonds is 3. The van der Waals surface area contributed by atoms with Crippen molar-refractivity contribution >= 4 is 34.6 Å². The van der Waals surface area contributed by atoms with Gasteiger partial charge in [0.05, 0.1) is 16.7 Å². The molecule has 3 heterocycles. The number of hydrogen-bond acceptors (Lipinski definition) is 6. The molecule has 170 valence electrons. The Morgan fingerprint density at radius 3 is 2.64 bits per heavy atom. The molecule has 0 radical (unpaired) electrons. The van der Waals surface area contributed by atoms with Crippen LogP contribution in [0.25, 0.3) is 11.0 Å². The molecule has 0 spiro atoms. The highest BCUT2D eigenvalue weighted by molar-refractivity contribution is 6.22. The summed E-state index contributed by atoms with van der Waals surface area (Å²) >= 11 is 0. The van der Waals surface area contributed by atoms with Crippen LogP contribution in [0.4, 0.5) is 19.5 Å². The number of carbonyl (C=O) groups is 2. The van der Waals surface area contributed by atoms with Crippen LogP contribution in [0.3, 0.4) is 0 Å². The van der Waals surface area contributed by atoms with Crippen molar-refractivity contribution in [1.82, 2.24) is 14.9 Å². The highest BCUT2D eigenvalue weighted by atomic mass is 19.2. The molecule has 8 nitrogen and oxygen atoms in total. The summed E-state index contributed by atoms with van der Waals surface area (Å²) in [5.41, 5.74) is 2.52. The average molecular weight is 453 g/mol. The molecule has 2 N–H and O–H groups in total. The average Bonchev–Trinajstić information content (AvgIpc) is 3.18. The Bertz CT molecular complexity index is 1290. The monoisotopic (exact) mass is 453 g/mol. The van der Waals surface area contributed by atoms with E-state index in [0.29, 0.717) is 22.3 Å². The number of ether oxygens (including phenoxy) is 1. The third-order valence-electron chi connectivity index (χ3n) is 5.91. The number of nitrogens with one attached hydrogen (secondary N) is 2. The van der Waals surface area contributed by atoms with Gasteiger partial charge in [0.1, 0.15) is 12.6 Å². The van der Waals surface area contributed by atoms with Crippen molar-refractivity contribution in [1.29, 1.82) is 0 Å². The first-order valence-corrected chi connectivity index (χ1v) is 10.6. The highest BCUT2D eigenvalue weighted by Crippen LogP contribution is 2.25. The molecule has 2 aromatic carbocycles. The van der Waals surface area contributed by atoms with Gasteiger partial charge < -0.3 is 14.6 Å². The van der Waals surface area contributed by atoms with E-state index in [-0.39, 0.29) is 35.5 Å². The van der Waals surface area contributed by atoms with Crippen molar-refractivity contribution in [3.05, 3.63) is 58.7 Å². The SMILES string of the molecule is CN1CCC(OC(=O)Nc2nc3ccc(C4=NCC(=O)c5cc(F)c(F)cc54)cc3[nH]2)CC1. The Kier molecular flexibility index (Phi) is 5.37. The topological polar surface area (TPSA) is 99.7 Å². The van der Waals surface area contributed by atoms with Crippen molar-refractivity contribution in [3.8, 4) is 0 Å². The number of aromatic nitrogens is 2. The van der Waals surface area contributed by atoms with Gasteiger partial charge in [0, 0.05) is 29.8 Å². The minimum atomic E-state index is -1.07. The maximum absolute atomic E-state index is 13.9. The molecule has 2 aliphatic rings. The summed E-state index contributed by atoms with van der Waals surface area (Å²) in [4.78, 5) is 38.2. The second-order valence-electron chi connectivity index (χ2n) is 8.25. The van der Waals surface area contributed by atoms with E-state index in [4.69, 9.17) is 4.74 Å². The standard InChI is InChI=1S/C23H21F2N5O3/c1-30-6-4-13(5-7-30)33-23(32)29-22-27-18-3-2-12(8-19(18)28-22)21-15-10-17(25)16(24)9-14(15)20(31)11-26-21/h2-3,8-10,13H,4-7,11H2,1H3,(H2,27,28,29,32). The number of amides is 1. The number of hydrogen-bond donors (Lipinski definition) is 2. The molecular weight excluding hydrogens is 432 g/mol. The third kappa shape index (κ3) is 4.21. The van der Waals surface area contributed by atoms with Gasteiger partial charge in [-0.3, -0.25) is 15.1 Å². The van der Waals surface area contributed by atoms with Crippen molar-refractivity contribution in [3.63, 3.8) is 0 Å². The number of piperidine rings is 1. The number of aliphatic imine (C=N–C) groups is 1. The highest BCUT2D eigenvalue weighted by Gasteiger charge is 2.25. The zero-order valence-corrected chi connectivity index (χ0v) is 17.8. The molecular formula is C23H21F2N5O3. The minimum Gasteiger partial charge on any atom is -0.446 e. The van der Waals surface area contributed by atoms with Gasteiger partial charge in [-0.1, -0.05) is 6.07 Å². The molecule has 1 amide bonds. The number of carbonyl (C=O) groups excluding carboxylic acids is 2. The zero-order valence-electron chi connectivity index (χ0n) is 17.8. The van der Waals surface area contributed by atoms with Crippen LogP contribution in [0.15, 0.2) is 35.3 Å². The molecule has 3 aromatic rings. The van der Waals surface area contributed by atoms with Crippen LogP contribution in [0.1, 0.15) is 34.3 Å². The summed E-state index contributed by atoms with van der Waals surface area (Å²) in [7, 11) is 2.03. The lowest BCUT2D eigenvalue weighted by Crippen LogP contribution is -2.36. The van der Waals surface area contributed by atoms with Crippen LogP contribution < -0.4 is 5.32 Å². The maximum atomic E-state index is 13.9. The van der Waals surface area contributed by atoms with E-state index in [2.05, 4.69) is 25.2 Å². The lowest BCUT2D eigenvalue weighted by Gasteiger charge is -2.28. The van der Waals surface area contributed by atoms with Gasteiger partial charge in [-0.05, 0) is 44.2 Å². The summed E-state index contributed by atoms with van der Waals surface area (Å²) in [6.07, 6.45) is 0.855. The van der Waals surface area contributed by atoms with E-state index in [1.807, 2.05) is 7.05 Å². The smallest absolute Gasteiger partial charge is 0.414 e. The number of imidazole rings is 1. The fourth-order valence-electron chi connectivity index (χ4n) is 4.14. The van der Waals surface area contributed by atoms with E-state index in [1.54, 1.807) is 18.2 Å². The van der Waals surface area contributed by atoms with Crippen LogP contribution in [0, 0.1) is 11.6 Å². The fraction of sp³-hybridized carbons (Fsp3) is 0.304. The van der Waals surface area contributed by atoms with Crippen LogP contribution >= 0.6 is 0 Å². The van der Waals surface area contributed by atoms with Crippen LogP contribution in [-0.2, 0) is 4.74 Å². The maximum Gasteiger partial charge on any atom is 0.414 e. The number of likely N-dealkylation sites (tertiary alicyclic amines) is 1. The molecule has 2 aliphatic heterocycles. The zero-order chi connectivity index (χ0) is 23.1. The number of aromatic amines is 1. The van der Waals surface area contributed by atoms with Crippen LogP contribution in [0.2, 0.25) is 0 Å². The Labute approximate surface area is 187 Å². The van der Waals surface area contributed by atoms with E-state index in [0.717, 1.165) is 38.1 Å². The number of ketones is 1. The second kappa shape index (κ2) is 8.36. The summed E-state index contributed by atoms with van der Waals surface area (Å²) in [5, 5.41) is 2.62. The summed E-state index contributed by atoms with van der Waals surface area (Å²) in [5.74, 6) is -2.26. The van der Waals surface area contributed by atoms with Crippen LogP contribution in [0.5, 0.6) is 0 Å². The molecule has 5 rings (SSSR count). The van der Waals surface area contributed by atoms with Crippen molar-refractivity contribution in [2.24, 2.45) is 4.99 Å². The molecule has 10 heteroatoms. The molecule has 0 atom stereocenters. The lowest BCUT2D eigenvalue weighted by atomic mass is 9.92. The number of H-pyrrole nitrogens is 1. The van der Waals surface area contributed by atoms with Gasteiger partial charge in [0.15, 0.2) is 17.4 Å². The van der Waals surface area contributed by atoms with E-state index in [1.165, 1.54) is 0 Å². The van der Waals surface area contributed by atoms with Crippen molar-refractivity contribution in [2.75, 3.05) is 32.0 Å². The first-order valence-electron chi connectivity index (χ1n) is 10.6. The molecule has 0 saturated carbocycles. The normalized spacial score (nSPS) is 17.1. The molecule has 0 aliphatic carbocycles. The first kappa shape index (κ1) is 21.2. The number of Topliss-reactive ketones (excluding diaryl/α,β-unsaturated/α-hetero) is 1. The van der Waals surface area contributed by atoms with Crippen molar-refractivity contribution < 1.29 is 23.1 Å². The Morgan fingerprint density at radius 2 is 1.88 bits per heavy atom. The lowest BCUT2D eigenvalue weighted by molar-refractivity contribution is 0.0661. The van der Waals surface area contributed by atoms with Crippen molar-refractivity contribution in [2.45, 2.75) is 18.9 Å². The predicted molar refractivity (Wildman–Crippen MR) is 118 cm³/mol.